The Labute approximate surface area is 160 Å². The van der Waals surface area contributed by atoms with Gasteiger partial charge >= 0.3 is 160 Å². The van der Waals surface area contributed by atoms with Crippen molar-refractivity contribution in [1.82, 2.24) is 0 Å². The Morgan fingerprint density at radius 2 is 0.769 bits per heavy atom. The molecule has 0 aliphatic rings. The van der Waals surface area contributed by atoms with Crippen molar-refractivity contribution in [3.63, 3.8) is 0 Å². The molecule has 0 saturated carbocycles. The molecule has 4 aromatic carbocycles. The SMILES string of the molecule is Clc1ccccc1[PH](c1ccccc1)(c1ccccc1)c1ccccc1. The summed E-state index contributed by atoms with van der Waals surface area (Å²) in [5.74, 6) is 0. The molecule has 4 rings (SSSR count). The first-order valence-electron chi connectivity index (χ1n) is 8.75. The Morgan fingerprint density at radius 3 is 1.15 bits per heavy atom. The van der Waals surface area contributed by atoms with E-state index in [1.54, 1.807) is 0 Å². The summed E-state index contributed by atoms with van der Waals surface area (Å²) in [6.07, 6.45) is 0. The second-order valence-electron chi connectivity index (χ2n) is 6.33. The Hall–Kier alpha value is -2.40. The maximum atomic E-state index is 6.79. The first kappa shape index (κ1) is 17.0. The van der Waals surface area contributed by atoms with Crippen LogP contribution in [0.5, 0.6) is 0 Å². The second kappa shape index (κ2) is 7.46. The van der Waals surface area contributed by atoms with Gasteiger partial charge < -0.3 is 0 Å². The van der Waals surface area contributed by atoms with Crippen LogP contribution in [-0.2, 0) is 0 Å². The Morgan fingerprint density at radius 1 is 0.423 bits per heavy atom. The number of hydrogen-bond donors (Lipinski definition) is 0. The van der Waals surface area contributed by atoms with Gasteiger partial charge in [0, 0.05) is 0 Å². The van der Waals surface area contributed by atoms with Gasteiger partial charge in [0.05, 0.1) is 0 Å². The van der Waals surface area contributed by atoms with E-state index in [9.17, 15) is 0 Å². The fraction of sp³-hybridized carbons (Fsp3) is 0. The molecule has 2 heteroatoms. The average Bonchev–Trinajstić information content (AvgIpc) is 2.72. The zero-order valence-corrected chi connectivity index (χ0v) is 16.1. The van der Waals surface area contributed by atoms with E-state index < -0.39 is 7.26 Å². The molecule has 4 aromatic rings. The standard InChI is InChI=1S/C24H20ClP/c25-23-18-10-11-19-24(23)26(20-12-4-1-5-13-20,21-14-6-2-7-15-21)22-16-8-3-9-17-22/h1-19,26H. The summed E-state index contributed by atoms with van der Waals surface area (Å²) >= 11 is 6.79. The van der Waals surface area contributed by atoms with E-state index in [0.29, 0.717) is 0 Å². The van der Waals surface area contributed by atoms with Crippen molar-refractivity contribution in [2.75, 3.05) is 0 Å². The van der Waals surface area contributed by atoms with E-state index in [1.807, 2.05) is 12.1 Å². The summed E-state index contributed by atoms with van der Waals surface area (Å²) in [5.41, 5.74) is 0. The van der Waals surface area contributed by atoms with Gasteiger partial charge in [-0.3, -0.25) is 0 Å². The van der Waals surface area contributed by atoms with Gasteiger partial charge in [0.1, 0.15) is 0 Å². The zero-order valence-electron chi connectivity index (χ0n) is 14.3. The Bertz CT molecular complexity index is 885. The number of benzene rings is 4. The first-order chi connectivity index (χ1) is 12.8. The molecular weight excluding hydrogens is 355 g/mol. The van der Waals surface area contributed by atoms with Gasteiger partial charge in [-0.1, -0.05) is 0 Å². The summed E-state index contributed by atoms with van der Waals surface area (Å²) in [7, 11) is -2.48. The Kier molecular flexibility index (Phi) is 4.89. The fourth-order valence-electron chi connectivity index (χ4n) is 3.80. The van der Waals surface area contributed by atoms with Crippen LogP contribution in [0.2, 0.25) is 5.02 Å². The van der Waals surface area contributed by atoms with Gasteiger partial charge in [0.15, 0.2) is 0 Å². The van der Waals surface area contributed by atoms with Crippen LogP contribution < -0.4 is 21.2 Å². The van der Waals surface area contributed by atoms with Crippen LogP contribution in [0.1, 0.15) is 0 Å². The third-order valence-corrected chi connectivity index (χ3v) is 10.2. The van der Waals surface area contributed by atoms with Gasteiger partial charge in [0.2, 0.25) is 0 Å². The Balaban J connectivity index is 2.17. The van der Waals surface area contributed by atoms with Crippen LogP contribution in [0, 0.1) is 0 Å². The van der Waals surface area contributed by atoms with Crippen LogP contribution in [0.15, 0.2) is 115 Å². The summed E-state index contributed by atoms with van der Waals surface area (Å²) in [6.45, 7) is 0. The molecule has 0 atom stereocenters. The molecule has 0 aromatic heterocycles. The number of hydrogen-bond acceptors (Lipinski definition) is 0. The van der Waals surface area contributed by atoms with Crippen LogP contribution in [0.25, 0.3) is 0 Å². The molecule has 0 N–H and O–H groups in total. The molecule has 0 amide bonds. The van der Waals surface area contributed by atoms with Gasteiger partial charge in [-0.15, -0.1) is 0 Å². The van der Waals surface area contributed by atoms with Crippen LogP contribution in [0.4, 0.5) is 0 Å². The topological polar surface area (TPSA) is 0 Å². The van der Waals surface area contributed by atoms with E-state index in [-0.39, 0.29) is 0 Å². The molecule has 0 bridgehead atoms. The van der Waals surface area contributed by atoms with Gasteiger partial charge in [-0.2, -0.15) is 0 Å². The van der Waals surface area contributed by atoms with Crippen molar-refractivity contribution in [2.45, 2.75) is 0 Å². The fourth-order valence-corrected chi connectivity index (χ4v) is 9.16. The monoisotopic (exact) mass is 374 g/mol. The minimum absolute atomic E-state index is 0.829. The molecule has 0 saturated heterocycles. The molecule has 0 heterocycles. The normalized spacial score (nSPS) is 11.9. The van der Waals surface area contributed by atoms with E-state index in [2.05, 4.69) is 103 Å². The van der Waals surface area contributed by atoms with Crippen molar-refractivity contribution >= 4 is 40.1 Å². The predicted molar refractivity (Wildman–Crippen MR) is 118 cm³/mol. The molecule has 0 nitrogen and oxygen atoms in total. The van der Waals surface area contributed by atoms with Crippen LogP contribution in [0.3, 0.4) is 0 Å². The summed E-state index contributed by atoms with van der Waals surface area (Å²) < 4.78 is 0. The van der Waals surface area contributed by atoms with Crippen molar-refractivity contribution in [1.29, 1.82) is 0 Å². The molecule has 0 aliphatic carbocycles. The van der Waals surface area contributed by atoms with Crippen molar-refractivity contribution in [2.24, 2.45) is 0 Å². The number of halogens is 1. The van der Waals surface area contributed by atoms with E-state index >= 15 is 0 Å². The van der Waals surface area contributed by atoms with Gasteiger partial charge in [0.25, 0.3) is 0 Å². The second-order valence-corrected chi connectivity index (χ2v) is 10.5. The molecule has 0 radical (unpaired) electrons. The average molecular weight is 375 g/mol. The summed E-state index contributed by atoms with van der Waals surface area (Å²) in [6, 6.07) is 40.8. The van der Waals surface area contributed by atoms with Crippen LogP contribution in [-0.4, -0.2) is 0 Å². The first-order valence-corrected chi connectivity index (χ1v) is 11.1. The predicted octanol–water partition coefficient (Wildman–Crippen LogP) is 4.69. The molecule has 0 unspecified atom stereocenters. The molecule has 128 valence electrons. The minimum atomic E-state index is -2.48. The molecule has 0 spiro atoms. The van der Waals surface area contributed by atoms with E-state index in [0.717, 1.165) is 5.02 Å². The number of rotatable bonds is 4. The van der Waals surface area contributed by atoms with Gasteiger partial charge in [-0.05, 0) is 0 Å². The zero-order chi connectivity index (χ0) is 17.8. The van der Waals surface area contributed by atoms with Crippen LogP contribution >= 0.6 is 18.9 Å². The third-order valence-electron chi connectivity index (χ3n) is 4.90. The summed E-state index contributed by atoms with van der Waals surface area (Å²) in [5, 5.41) is 6.07. The van der Waals surface area contributed by atoms with Gasteiger partial charge in [-0.25, -0.2) is 0 Å². The molecule has 26 heavy (non-hydrogen) atoms. The van der Waals surface area contributed by atoms with Crippen molar-refractivity contribution < 1.29 is 0 Å². The quantitative estimate of drug-likeness (QED) is 0.454. The maximum absolute atomic E-state index is 6.79. The molecule has 0 aliphatic heterocycles. The molecular formula is C24H20ClP. The third kappa shape index (κ3) is 2.86. The van der Waals surface area contributed by atoms with Crippen molar-refractivity contribution in [3.05, 3.63) is 120 Å². The van der Waals surface area contributed by atoms with E-state index in [4.69, 9.17) is 11.6 Å². The van der Waals surface area contributed by atoms with E-state index in [1.165, 1.54) is 21.2 Å². The summed E-state index contributed by atoms with van der Waals surface area (Å²) in [4.78, 5) is 0. The molecule has 0 fully saturated rings. The van der Waals surface area contributed by atoms with Crippen molar-refractivity contribution in [3.8, 4) is 0 Å².